The summed E-state index contributed by atoms with van der Waals surface area (Å²) in [5.74, 6) is 0.493. The quantitative estimate of drug-likeness (QED) is 0.693. The Labute approximate surface area is 178 Å². The number of methoxy groups -OCH3 is 3. The number of fused-ring (bicyclic) bond motifs is 1. The fourth-order valence-electron chi connectivity index (χ4n) is 3.42. The summed E-state index contributed by atoms with van der Waals surface area (Å²) in [7, 11) is 4.54. The monoisotopic (exact) mass is 430 g/mol. The lowest BCUT2D eigenvalue weighted by atomic mass is 9.87. The molecule has 0 aliphatic carbocycles. The summed E-state index contributed by atoms with van der Waals surface area (Å²) in [6, 6.07) is 5.65. The molecule has 2 heterocycles. The highest BCUT2D eigenvalue weighted by atomic mass is 32.1. The lowest BCUT2D eigenvalue weighted by Crippen LogP contribution is -2.21. The summed E-state index contributed by atoms with van der Waals surface area (Å²) in [6.07, 6.45) is 0. The van der Waals surface area contributed by atoms with Crippen LogP contribution in [0.25, 0.3) is 0 Å². The smallest absolute Gasteiger partial charge is 0.343 e. The molecule has 1 aromatic heterocycles. The Bertz CT molecular complexity index is 1040. The van der Waals surface area contributed by atoms with Crippen LogP contribution in [0.2, 0.25) is 0 Å². The molecule has 3 rings (SSSR count). The van der Waals surface area contributed by atoms with E-state index in [9.17, 15) is 10.1 Å². The van der Waals surface area contributed by atoms with Gasteiger partial charge >= 0.3 is 5.97 Å². The number of aryl methyl sites for hydroxylation is 1. The third kappa shape index (κ3) is 3.39. The molecule has 2 aromatic rings. The Kier molecular flexibility index (Phi) is 6.08. The van der Waals surface area contributed by atoms with E-state index >= 15 is 0 Å². The molecule has 1 atom stereocenters. The minimum Gasteiger partial charge on any atom is -0.493 e. The highest BCUT2D eigenvalue weighted by Crippen LogP contribution is 2.51. The van der Waals surface area contributed by atoms with Gasteiger partial charge in [-0.15, -0.1) is 11.3 Å². The van der Waals surface area contributed by atoms with Gasteiger partial charge in [0.15, 0.2) is 17.2 Å². The SMILES string of the molecule is CCOC(=O)c1c(C)sc2c1OC(N)=C(C#N)C2c1cc(OC)c(OC)c(OC)c1. The van der Waals surface area contributed by atoms with Crippen molar-refractivity contribution in [3.8, 4) is 29.1 Å². The predicted octanol–water partition coefficient (Wildman–Crippen LogP) is 3.48. The average molecular weight is 430 g/mol. The summed E-state index contributed by atoms with van der Waals surface area (Å²) < 4.78 is 27.2. The maximum absolute atomic E-state index is 12.5. The zero-order chi connectivity index (χ0) is 22.0. The lowest BCUT2D eigenvalue weighted by Gasteiger charge is -2.25. The number of allylic oxidation sites excluding steroid dienone is 1. The van der Waals surface area contributed by atoms with Gasteiger partial charge < -0.3 is 29.4 Å². The second-order valence-electron chi connectivity index (χ2n) is 6.33. The molecule has 0 radical (unpaired) electrons. The fraction of sp³-hybridized carbons (Fsp3) is 0.333. The highest BCUT2D eigenvalue weighted by molar-refractivity contribution is 7.12. The number of nitrogens with two attached hydrogens (primary N) is 1. The van der Waals surface area contributed by atoms with Crippen molar-refractivity contribution in [2.75, 3.05) is 27.9 Å². The van der Waals surface area contributed by atoms with Crippen molar-refractivity contribution in [3.63, 3.8) is 0 Å². The molecule has 0 saturated carbocycles. The second-order valence-corrected chi connectivity index (χ2v) is 7.59. The summed E-state index contributed by atoms with van der Waals surface area (Å²) in [5.41, 5.74) is 7.31. The fourth-order valence-corrected chi connectivity index (χ4v) is 4.64. The molecule has 1 aliphatic heterocycles. The highest BCUT2D eigenvalue weighted by Gasteiger charge is 2.38. The number of nitrogens with zero attached hydrogens (tertiary/aromatic N) is 1. The normalized spacial score (nSPS) is 15.0. The molecule has 0 spiro atoms. The zero-order valence-electron chi connectivity index (χ0n) is 17.3. The van der Waals surface area contributed by atoms with Crippen LogP contribution in [0.4, 0.5) is 0 Å². The van der Waals surface area contributed by atoms with E-state index in [2.05, 4.69) is 6.07 Å². The number of nitriles is 1. The van der Waals surface area contributed by atoms with Gasteiger partial charge in [-0.25, -0.2) is 4.79 Å². The van der Waals surface area contributed by atoms with Crippen LogP contribution >= 0.6 is 11.3 Å². The molecule has 8 nitrogen and oxygen atoms in total. The Balaban J connectivity index is 2.27. The van der Waals surface area contributed by atoms with Crippen molar-refractivity contribution in [1.29, 1.82) is 5.26 Å². The van der Waals surface area contributed by atoms with Crippen molar-refractivity contribution >= 4 is 17.3 Å². The van der Waals surface area contributed by atoms with Gasteiger partial charge in [-0.3, -0.25) is 0 Å². The number of rotatable bonds is 6. The number of carbonyl (C=O) groups is 1. The van der Waals surface area contributed by atoms with E-state index in [4.69, 9.17) is 29.4 Å². The summed E-state index contributed by atoms with van der Waals surface area (Å²) in [4.78, 5) is 13.9. The lowest BCUT2D eigenvalue weighted by molar-refractivity contribution is 0.0522. The first-order valence-corrected chi connectivity index (χ1v) is 9.91. The van der Waals surface area contributed by atoms with Crippen LogP contribution < -0.4 is 24.7 Å². The van der Waals surface area contributed by atoms with E-state index < -0.39 is 11.9 Å². The molecule has 2 N–H and O–H groups in total. The van der Waals surface area contributed by atoms with Crippen LogP contribution in [0.3, 0.4) is 0 Å². The van der Waals surface area contributed by atoms with Gasteiger partial charge in [0.05, 0.1) is 38.7 Å². The Hall–Kier alpha value is -3.38. The molecule has 0 fully saturated rings. The number of ether oxygens (including phenoxy) is 5. The van der Waals surface area contributed by atoms with Crippen molar-refractivity contribution in [1.82, 2.24) is 0 Å². The first kappa shape index (κ1) is 21.3. The van der Waals surface area contributed by atoms with E-state index in [1.807, 2.05) is 0 Å². The Morgan fingerprint density at radius 3 is 2.37 bits per heavy atom. The van der Waals surface area contributed by atoms with Crippen LogP contribution in [0.15, 0.2) is 23.6 Å². The van der Waals surface area contributed by atoms with Crippen LogP contribution in [0.1, 0.15) is 38.5 Å². The zero-order valence-corrected chi connectivity index (χ0v) is 18.1. The van der Waals surface area contributed by atoms with Crippen LogP contribution in [0.5, 0.6) is 23.0 Å². The van der Waals surface area contributed by atoms with Gasteiger partial charge in [-0.05, 0) is 31.5 Å². The molecule has 0 amide bonds. The van der Waals surface area contributed by atoms with Gasteiger partial charge in [0.25, 0.3) is 0 Å². The molecule has 9 heteroatoms. The summed E-state index contributed by atoms with van der Waals surface area (Å²) in [5, 5.41) is 9.80. The Morgan fingerprint density at radius 1 is 1.23 bits per heavy atom. The standard InChI is InChI=1S/C21H22N2O6S/c1-6-28-21(24)15-10(2)30-19-16(12(9-22)20(23)29-18(15)19)11-7-13(25-3)17(27-5)14(8-11)26-4/h7-8,16H,6,23H2,1-5H3. The molecule has 30 heavy (non-hydrogen) atoms. The molecular formula is C21H22N2O6S. The summed E-state index contributed by atoms with van der Waals surface area (Å²) in [6.45, 7) is 3.76. The van der Waals surface area contributed by atoms with Gasteiger partial charge in [-0.2, -0.15) is 5.26 Å². The van der Waals surface area contributed by atoms with Crippen molar-refractivity contribution in [3.05, 3.63) is 44.5 Å². The number of hydrogen-bond acceptors (Lipinski definition) is 9. The molecule has 0 bridgehead atoms. The number of benzene rings is 1. The van der Waals surface area contributed by atoms with Crippen LogP contribution in [-0.4, -0.2) is 33.9 Å². The van der Waals surface area contributed by atoms with Gasteiger partial charge in [0.1, 0.15) is 17.2 Å². The first-order chi connectivity index (χ1) is 14.4. The minimum atomic E-state index is -0.570. The third-order valence-electron chi connectivity index (χ3n) is 4.71. The average Bonchev–Trinajstić information content (AvgIpc) is 3.06. The topological polar surface area (TPSA) is 113 Å². The van der Waals surface area contributed by atoms with E-state index in [0.29, 0.717) is 43.9 Å². The van der Waals surface area contributed by atoms with Crippen LogP contribution in [0, 0.1) is 18.3 Å². The van der Waals surface area contributed by atoms with Gasteiger partial charge in [-0.1, -0.05) is 0 Å². The molecule has 1 aliphatic rings. The van der Waals surface area contributed by atoms with E-state index in [1.165, 1.54) is 32.7 Å². The largest absolute Gasteiger partial charge is 0.493 e. The van der Waals surface area contributed by atoms with E-state index in [1.54, 1.807) is 26.0 Å². The predicted molar refractivity (Wildman–Crippen MR) is 110 cm³/mol. The second kappa shape index (κ2) is 8.55. The number of hydrogen-bond donors (Lipinski definition) is 1. The third-order valence-corrected chi connectivity index (χ3v) is 5.87. The number of carbonyl (C=O) groups excluding carboxylic acids is 1. The van der Waals surface area contributed by atoms with Gasteiger partial charge in [0.2, 0.25) is 11.6 Å². The molecule has 1 aromatic carbocycles. The minimum absolute atomic E-state index is 0.0629. The number of thiophene rings is 1. The van der Waals surface area contributed by atoms with Gasteiger partial charge in [0, 0.05) is 4.88 Å². The first-order valence-electron chi connectivity index (χ1n) is 9.09. The Morgan fingerprint density at radius 2 is 1.87 bits per heavy atom. The molecule has 158 valence electrons. The van der Waals surface area contributed by atoms with E-state index in [-0.39, 0.29) is 18.1 Å². The number of esters is 1. The van der Waals surface area contributed by atoms with Crippen molar-refractivity contribution in [2.24, 2.45) is 5.73 Å². The molecular weight excluding hydrogens is 408 g/mol. The molecule has 0 saturated heterocycles. The summed E-state index contributed by atoms with van der Waals surface area (Å²) >= 11 is 1.35. The van der Waals surface area contributed by atoms with Crippen molar-refractivity contribution in [2.45, 2.75) is 19.8 Å². The van der Waals surface area contributed by atoms with E-state index in [0.717, 1.165) is 0 Å². The maximum Gasteiger partial charge on any atom is 0.343 e. The molecule has 1 unspecified atom stereocenters. The van der Waals surface area contributed by atoms with Crippen molar-refractivity contribution < 1.29 is 28.5 Å². The van der Waals surface area contributed by atoms with Crippen LogP contribution in [-0.2, 0) is 4.74 Å². The maximum atomic E-state index is 12.5.